The molecule has 0 aliphatic heterocycles. The molecule has 0 bridgehead atoms. The summed E-state index contributed by atoms with van der Waals surface area (Å²) in [5.41, 5.74) is 0.169. The van der Waals surface area contributed by atoms with Gasteiger partial charge in [-0.25, -0.2) is 4.39 Å². The number of carbonyl (C=O) groups excluding carboxylic acids is 1. The molecule has 4 heteroatoms. The van der Waals surface area contributed by atoms with Gasteiger partial charge in [-0.15, -0.1) is 0 Å². The van der Waals surface area contributed by atoms with Gasteiger partial charge < -0.3 is 5.32 Å². The average molecular weight is 333 g/mol. The van der Waals surface area contributed by atoms with Crippen molar-refractivity contribution in [1.82, 2.24) is 5.32 Å². The van der Waals surface area contributed by atoms with Crippen molar-refractivity contribution in [2.24, 2.45) is 5.92 Å². The Balaban J connectivity index is 2.09. The average Bonchev–Trinajstić information content (AvgIpc) is 2.15. The maximum atomic E-state index is 13.5. The van der Waals surface area contributed by atoms with Gasteiger partial charge in [0, 0.05) is 9.61 Å². The number of hydrogen-bond acceptors (Lipinski definition) is 1. The third-order valence-electron chi connectivity index (χ3n) is 2.90. The molecule has 1 aliphatic rings. The van der Waals surface area contributed by atoms with Gasteiger partial charge in [0.2, 0.25) is 0 Å². The van der Waals surface area contributed by atoms with Crippen LogP contribution in [0.5, 0.6) is 0 Å². The lowest BCUT2D eigenvalue weighted by molar-refractivity contribution is 0.0891. The summed E-state index contributed by atoms with van der Waals surface area (Å²) in [6.45, 7) is 2.15. The zero-order valence-electron chi connectivity index (χ0n) is 8.97. The number of benzene rings is 1. The van der Waals surface area contributed by atoms with Crippen LogP contribution >= 0.6 is 22.6 Å². The topological polar surface area (TPSA) is 29.1 Å². The second-order valence-electron chi connectivity index (χ2n) is 4.34. The summed E-state index contributed by atoms with van der Waals surface area (Å²) >= 11 is 1.98. The summed E-state index contributed by atoms with van der Waals surface area (Å²) in [7, 11) is 0. The van der Waals surface area contributed by atoms with Crippen LogP contribution in [0.2, 0.25) is 0 Å². The monoisotopic (exact) mass is 333 g/mol. The molecule has 16 heavy (non-hydrogen) atoms. The normalized spacial score (nSPS) is 23.7. The van der Waals surface area contributed by atoms with Crippen LogP contribution in [0, 0.1) is 15.3 Å². The quantitative estimate of drug-likeness (QED) is 0.829. The molecule has 2 rings (SSSR count). The molecule has 0 heterocycles. The fraction of sp³-hybridized carbons (Fsp3) is 0.417. The number of nitrogens with one attached hydrogen (secondary N) is 1. The minimum atomic E-state index is -0.447. The molecular weight excluding hydrogens is 320 g/mol. The Bertz CT molecular complexity index is 395. The minimum absolute atomic E-state index is 0.169. The summed E-state index contributed by atoms with van der Waals surface area (Å²) in [5.74, 6) is -0.0684. The zero-order chi connectivity index (χ0) is 11.7. The first-order chi connectivity index (χ1) is 7.58. The van der Waals surface area contributed by atoms with Gasteiger partial charge in [0.1, 0.15) is 5.82 Å². The number of rotatable bonds is 2. The highest BCUT2D eigenvalue weighted by atomic mass is 127. The molecule has 0 radical (unpaired) electrons. The molecule has 1 aromatic carbocycles. The van der Waals surface area contributed by atoms with E-state index in [1.54, 1.807) is 12.1 Å². The Labute approximate surface area is 108 Å². The molecule has 1 saturated carbocycles. The summed E-state index contributed by atoms with van der Waals surface area (Å²) < 4.78 is 14.1. The molecule has 0 atom stereocenters. The van der Waals surface area contributed by atoms with Gasteiger partial charge in [-0.2, -0.15) is 0 Å². The van der Waals surface area contributed by atoms with E-state index in [0.717, 1.165) is 12.8 Å². The van der Waals surface area contributed by atoms with Gasteiger partial charge in [0.05, 0.1) is 5.56 Å². The van der Waals surface area contributed by atoms with Crippen molar-refractivity contribution in [2.45, 2.75) is 25.8 Å². The Kier molecular flexibility index (Phi) is 3.47. The first kappa shape index (κ1) is 11.8. The number of amides is 1. The van der Waals surface area contributed by atoms with E-state index in [4.69, 9.17) is 0 Å². The lowest BCUT2D eigenvalue weighted by Gasteiger charge is -2.33. The summed E-state index contributed by atoms with van der Waals surface area (Å²) in [5, 5.41) is 2.86. The Hall–Kier alpha value is -0.650. The van der Waals surface area contributed by atoms with E-state index in [1.165, 1.54) is 6.07 Å². The maximum Gasteiger partial charge on any atom is 0.255 e. The number of hydrogen-bond donors (Lipinski definition) is 1. The predicted molar refractivity (Wildman–Crippen MR) is 68.8 cm³/mol. The number of carbonyl (C=O) groups is 1. The third-order valence-corrected chi connectivity index (χ3v) is 3.80. The van der Waals surface area contributed by atoms with Crippen molar-refractivity contribution >= 4 is 28.5 Å². The van der Waals surface area contributed by atoms with E-state index in [-0.39, 0.29) is 17.5 Å². The van der Waals surface area contributed by atoms with Crippen molar-refractivity contribution in [3.8, 4) is 0 Å². The second kappa shape index (κ2) is 4.69. The highest BCUT2D eigenvalue weighted by Gasteiger charge is 2.28. The fourth-order valence-corrected chi connectivity index (χ4v) is 2.70. The minimum Gasteiger partial charge on any atom is -0.349 e. The van der Waals surface area contributed by atoms with Crippen LogP contribution in [0.15, 0.2) is 18.2 Å². The van der Waals surface area contributed by atoms with Crippen molar-refractivity contribution in [3.63, 3.8) is 0 Å². The smallest absolute Gasteiger partial charge is 0.255 e. The van der Waals surface area contributed by atoms with Crippen molar-refractivity contribution in [1.29, 1.82) is 0 Å². The van der Waals surface area contributed by atoms with Crippen LogP contribution < -0.4 is 5.32 Å². The SMILES string of the molecule is CC1CC(NC(=O)c2c(F)cccc2I)C1. The van der Waals surface area contributed by atoms with Crippen LogP contribution in [0.25, 0.3) is 0 Å². The molecule has 1 fully saturated rings. The molecule has 0 spiro atoms. The van der Waals surface area contributed by atoms with E-state index in [9.17, 15) is 9.18 Å². The molecule has 0 saturated heterocycles. The summed E-state index contributed by atoms with van der Waals surface area (Å²) in [4.78, 5) is 11.8. The van der Waals surface area contributed by atoms with Crippen LogP contribution in [0.1, 0.15) is 30.1 Å². The van der Waals surface area contributed by atoms with Gasteiger partial charge in [0.15, 0.2) is 0 Å². The molecule has 1 amide bonds. The Morgan fingerprint density at radius 2 is 2.19 bits per heavy atom. The molecule has 86 valence electrons. The first-order valence-electron chi connectivity index (χ1n) is 5.33. The summed E-state index contributed by atoms with van der Waals surface area (Å²) in [6.07, 6.45) is 1.99. The standard InChI is InChI=1S/C12H13FINO/c1-7-5-8(6-7)15-12(16)11-9(13)3-2-4-10(11)14/h2-4,7-8H,5-6H2,1H3,(H,15,16). The number of halogens is 2. The molecule has 1 N–H and O–H groups in total. The Morgan fingerprint density at radius 3 is 2.75 bits per heavy atom. The van der Waals surface area contributed by atoms with E-state index >= 15 is 0 Å². The fourth-order valence-electron chi connectivity index (χ4n) is 1.99. The first-order valence-corrected chi connectivity index (χ1v) is 6.40. The molecule has 1 aliphatic carbocycles. The lowest BCUT2D eigenvalue weighted by atomic mass is 9.82. The molecular formula is C12H13FINO. The van der Waals surface area contributed by atoms with Crippen molar-refractivity contribution in [3.05, 3.63) is 33.1 Å². The van der Waals surface area contributed by atoms with Crippen LogP contribution in [0.3, 0.4) is 0 Å². The van der Waals surface area contributed by atoms with Gasteiger partial charge in [-0.05, 0) is 53.5 Å². The molecule has 0 aromatic heterocycles. The van der Waals surface area contributed by atoms with E-state index in [1.807, 2.05) is 22.6 Å². The van der Waals surface area contributed by atoms with Crippen LogP contribution in [-0.2, 0) is 0 Å². The maximum absolute atomic E-state index is 13.5. The van der Waals surface area contributed by atoms with Crippen LogP contribution in [-0.4, -0.2) is 11.9 Å². The van der Waals surface area contributed by atoms with E-state index < -0.39 is 5.82 Å². The van der Waals surface area contributed by atoms with E-state index in [2.05, 4.69) is 12.2 Å². The predicted octanol–water partition coefficient (Wildman–Crippen LogP) is 2.96. The molecule has 2 nitrogen and oxygen atoms in total. The second-order valence-corrected chi connectivity index (χ2v) is 5.51. The van der Waals surface area contributed by atoms with Gasteiger partial charge in [0.25, 0.3) is 5.91 Å². The van der Waals surface area contributed by atoms with Crippen molar-refractivity contribution in [2.75, 3.05) is 0 Å². The highest BCUT2D eigenvalue weighted by molar-refractivity contribution is 14.1. The van der Waals surface area contributed by atoms with Gasteiger partial charge >= 0.3 is 0 Å². The van der Waals surface area contributed by atoms with Gasteiger partial charge in [-0.1, -0.05) is 13.0 Å². The summed E-state index contributed by atoms with van der Waals surface area (Å²) in [6, 6.07) is 4.89. The molecule has 1 aromatic rings. The van der Waals surface area contributed by atoms with Crippen LogP contribution in [0.4, 0.5) is 4.39 Å². The third kappa shape index (κ3) is 2.36. The van der Waals surface area contributed by atoms with Crippen molar-refractivity contribution < 1.29 is 9.18 Å². The highest BCUT2D eigenvalue weighted by Crippen LogP contribution is 2.27. The molecule has 0 unspecified atom stereocenters. The zero-order valence-corrected chi connectivity index (χ0v) is 11.1. The van der Waals surface area contributed by atoms with Gasteiger partial charge in [-0.3, -0.25) is 4.79 Å². The van der Waals surface area contributed by atoms with E-state index in [0.29, 0.717) is 9.49 Å². The Morgan fingerprint density at radius 1 is 1.50 bits per heavy atom. The largest absolute Gasteiger partial charge is 0.349 e. The lowest BCUT2D eigenvalue weighted by Crippen LogP contribution is -2.43.